The van der Waals surface area contributed by atoms with E-state index >= 15 is 0 Å². The molecule has 0 unspecified atom stereocenters. The molecule has 0 bridgehead atoms. The van der Waals surface area contributed by atoms with Crippen molar-refractivity contribution in [3.05, 3.63) is 53.9 Å². The number of para-hydroxylation sites is 2. The average molecular weight is 269 g/mol. The molecule has 0 aliphatic carbocycles. The van der Waals surface area contributed by atoms with Crippen LogP contribution >= 0.6 is 11.8 Å². The third-order valence-electron chi connectivity index (χ3n) is 3.02. The van der Waals surface area contributed by atoms with Crippen molar-refractivity contribution in [2.45, 2.75) is 17.6 Å². The van der Waals surface area contributed by atoms with Crippen molar-refractivity contribution >= 4 is 28.5 Å². The first-order valence-corrected chi connectivity index (χ1v) is 7.13. The Morgan fingerprint density at radius 2 is 2.05 bits per heavy atom. The molecule has 3 nitrogen and oxygen atoms in total. The number of hydrogen-bond donors (Lipinski definition) is 2. The highest BCUT2D eigenvalue weighted by atomic mass is 32.2. The summed E-state index contributed by atoms with van der Waals surface area (Å²) < 4.78 is 0. The Bertz CT molecular complexity index is 685. The molecule has 4 heteroatoms. The van der Waals surface area contributed by atoms with E-state index in [1.807, 2.05) is 36.4 Å². The minimum absolute atomic E-state index is 0.803. The van der Waals surface area contributed by atoms with Crippen LogP contribution in [0.2, 0.25) is 0 Å². The largest absolute Gasteiger partial charge is 0.399 e. The number of nitrogens with two attached hydrogens (primary N) is 1. The zero-order chi connectivity index (χ0) is 13.2. The van der Waals surface area contributed by atoms with Crippen LogP contribution in [0.25, 0.3) is 11.0 Å². The first kappa shape index (κ1) is 12.1. The average Bonchev–Trinajstić information content (AvgIpc) is 2.82. The maximum atomic E-state index is 5.82. The molecule has 0 saturated carbocycles. The number of aromatic amines is 1. The van der Waals surface area contributed by atoms with Crippen LogP contribution in [0.3, 0.4) is 0 Å². The number of anilines is 1. The predicted octanol–water partition coefficient (Wildman–Crippen LogP) is 3.75. The van der Waals surface area contributed by atoms with Gasteiger partial charge >= 0.3 is 0 Å². The van der Waals surface area contributed by atoms with Gasteiger partial charge in [-0.25, -0.2) is 4.98 Å². The number of imidazole rings is 1. The number of aryl methyl sites for hydroxylation is 1. The number of aromatic nitrogens is 2. The van der Waals surface area contributed by atoms with E-state index in [0.29, 0.717) is 0 Å². The molecule has 3 aromatic rings. The first-order valence-electron chi connectivity index (χ1n) is 6.15. The van der Waals surface area contributed by atoms with E-state index in [1.165, 1.54) is 10.5 Å². The summed E-state index contributed by atoms with van der Waals surface area (Å²) in [7, 11) is 0. The van der Waals surface area contributed by atoms with Gasteiger partial charge in [0.05, 0.1) is 16.8 Å². The summed E-state index contributed by atoms with van der Waals surface area (Å²) in [5, 5.41) is 0. The summed E-state index contributed by atoms with van der Waals surface area (Å²) in [5.74, 6) is 1.81. The molecule has 0 aliphatic heterocycles. The van der Waals surface area contributed by atoms with E-state index in [9.17, 15) is 0 Å². The second-order valence-corrected chi connectivity index (χ2v) is 5.53. The van der Waals surface area contributed by atoms with Gasteiger partial charge in [-0.15, -0.1) is 11.8 Å². The fourth-order valence-corrected chi connectivity index (χ4v) is 2.94. The first-order chi connectivity index (χ1) is 9.22. The fourth-order valence-electron chi connectivity index (χ4n) is 1.99. The summed E-state index contributed by atoms with van der Waals surface area (Å²) in [5.41, 5.74) is 9.97. The van der Waals surface area contributed by atoms with Crippen LogP contribution < -0.4 is 5.73 Å². The van der Waals surface area contributed by atoms with E-state index in [-0.39, 0.29) is 0 Å². The summed E-state index contributed by atoms with van der Waals surface area (Å²) in [6, 6.07) is 14.1. The third-order valence-corrected chi connectivity index (χ3v) is 4.18. The summed E-state index contributed by atoms with van der Waals surface area (Å²) in [4.78, 5) is 9.12. The van der Waals surface area contributed by atoms with Crippen LogP contribution in [0.15, 0.2) is 47.4 Å². The van der Waals surface area contributed by atoms with E-state index in [1.54, 1.807) is 11.8 Å². The standard InChI is InChI=1S/C15H15N3S/c1-10-6-7-11(16)8-14(10)19-9-15-17-12-4-2-3-5-13(12)18-15/h2-8H,9,16H2,1H3,(H,17,18). The molecule has 3 N–H and O–H groups in total. The monoisotopic (exact) mass is 269 g/mol. The topological polar surface area (TPSA) is 54.7 Å². The van der Waals surface area contributed by atoms with Crippen LogP contribution in [0.5, 0.6) is 0 Å². The molecular formula is C15H15N3S. The highest BCUT2D eigenvalue weighted by Crippen LogP contribution is 2.27. The van der Waals surface area contributed by atoms with Crippen LogP contribution in [0.4, 0.5) is 5.69 Å². The van der Waals surface area contributed by atoms with Gasteiger partial charge in [0.1, 0.15) is 5.82 Å². The van der Waals surface area contributed by atoms with Gasteiger partial charge in [-0.2, -0.15) is 0 Å². The summed E-state index contributed by atoms with van der Waals surface area (Å²) >= 11 is 1.76. The number of benzene rings is 2. The van der Waals surface area contributed by atoms with Crippen molar-refractivity contribution < 1.29 is 0 Å². The van der Waals surface area contributed by atoms with E-state index in [2.05, 4.69) is 23.0 Å². The number of rotatable bonds is 3. The van der Waals surface area contributed by atoms with E-state index < -0.39 is 0 Å². The Morgan fingerprint density at radius 3 is 2.89 bits per heavy atom. The lowest BCUT2D eigenvalue weighted by Gasteiger charge is -2.05. The number of nitrogens with zero attached hydrogens (tertiary/aromatic N) is 1. The fraction of sp³-hybridized carbons (Fsp3) is 0.133. The van der Waals surface area contributed by atoms with Crippen molar-refractivity contribution in [3.63, 3.8) is 0 Å². The predicted molar refractivity (Wildman–Crippen MR) is 81.2 cm³/mol. The quantitative estimate of drug-likeness (QED) is 0.562. The van der Waals surface area contributed by atoms with Crippen molar-refractivity contribution in [1.82, 2.24) is 9.97 Å². The van der Waals surface area contributed by atoms with Gasteiger partial charge in [0.2, 0.25) is 0 Å². The number of fused-ring (bicyclic) bond motifs is 1. The molecule has 2 aromatic carbocycles. The molecule has 1 heterocycles. The molecule has 0 atom stereocenters. The minimum Gasteiger partial charge on any atom is -0.399 e. The highest BCUT2D eigenvalue weighted by Gasteiger charge is 2.05. The lowest BCUT2D eigenvalue weighted by Crippen LogP contribution is -1.89. The zero-order valence-electron chi connectivity index (χ0n) is 10.7. The van der Waals surface area contributed by atoms with Gasteiger partial charge in [0.25, 0.3) is 0 Å². The van der Waals surface area contributed by atoms with Gasteiger partial charge in [0.15, 0.2) is 0 Å². The molecule has 19 heavy (non-hydrogen) atoms. The molecule has 0 aliphatic rings. The Balaban J connectivity index is 1.80. The Morgan fingerprint density at radius 1 is 1.21 bits per heavy atom. The van der Waals surface area contributed by atoms with Crippen molar-refractivity contribution in [2.75, 3.05) is 5.73 Å². The summed E-state index contributed by atoms with van der Waals surface area (Å²) in [6.07, 6.45) is 0. The molecule has 0 amide bonds. The molecule has 0 fully saturated rings. The van der Waals surface area contributed by atoms with Gasteiger partial charge < -0.3 is 10.7 Å². The molecular weight excluding hydrogens is 254 g/mol. The normalized spacial score (nSPS) is 11.0. The van der Waals surface area contributed by atoms with Crippen molar-refractivity contribution in [1.29, 1.82) is 0 Å². The minimum atomic E-state index is 0.803. The van der Waals surface area contributed by atoms with Crippen LogP contribution in [-0.4, -0.2) is 9.97 Å². The van der Waals surface area contributed by atoms with Crippen LogP contribution in [0, 0.1) is 6.92 Å². The molecule has 96 valence electrons. The van der Waals surface area contributed by atoms with Gasteiger partial charge in [-0.3, -0.25) is 0 Å². The Hall–Kier alpha value is -1.94. The van der Waals surface area contributed by atoms with Crippen LogP contribution in [0.1, 0.15) is 11.4 Å². The van der Waals surface area contributed by atoms with E-state index in [4.69, 9.17) is 5.73 Å². The molecule has 0 radical (unpaired) electrons. The smallest absolute Gasteiger partial charge is 0.117 e. The second kappa shape index (κ2) is 4.97. The SMILES string of the molecule is Cc1ccc(N)cc1SCc1nc2ccccc2[nH]1. The lowest BCUT2D eigenvalue weighted by molar-refractivity contribution is 1.14. The maximum Gasteiger partial charge on any atom is 0.117 e. The van der Waals surface area contributed by atoms with E-state index in [0.717, 1.165) is 28.3 Å². The van der Waals surface area contributed by atoms with Gasteiger partial charge in [0, 0.05) is 10.6 Å². The number of hydrogen-bond acceptors (Lipinski definition) is 3. The summed E-state index contributed by atoms with van der Waals surface area (Å²) in [6.45, 7) is 2.10. The molecule has 0 saturated heterocycles. The molecule has 3 rings (SSSR count). The second-order valence-electron chi connectivity index (χ2n) is 4.51. The third kappa shape index (κ3) is 2.58. The number of H-pyrrole nitrogens is 1. The molecule has 0 spiro atoms. The molecule has 1 aromatic heterocycles. The Kier molecular flexibility index (Phi) is 3.17. The van der Waals surface area contributed by atoms with Gasteiger partial charge in [-0.05, 0) is 36.8 Å². The Labute approximate surface area is 116 Å². The lowest BCUT2D eigenvalue weighted by atomic mass is 10.2. The van der Waals surface area contributed by atoms with Crippen LogP contribution in [-0.2, 0) is 5.75 Å². The highest BCUT2D eigenvalue weighted by molar-refractivity contribution is 7.98. The van der Waals surface area contributed by atoms with Gasteiger partial charge in [-0.1, -0.05) is 18.2 Å². The maximum absolute atomic E-state index is 5.82. The number of thioether (sulfide) groups is 1. The number of nitrogens with one attached hydrogen (secondary N) is 1. The van der Waals surface area contributed by atoms with Crippen molar-refractivity contribution in [2.24, 2.45) is 0 Å². The number of nitrogen functional groups attached to an aromatic ring is 1. The zero-order valence-corrected chi connectivity index (χ0v) is 11.5. The van der Waals surface area contributed by atoms with Crippen molar-refractivity contribution in [3.8, 4) is 0 Å².